The van der Waals surface area contributed by atoms with Gasteiger partial charge in [-0.3, -0.25) is 9.59 Å². The summed E-state index contributed by atoms with van der Waals surface area (Å²) in [7, 11) is 0. The molecule has 1 fully saturated rings. The Morgan fingerprint density at radius 1 is 1.31 bits per heavy atom. The number of amides is 1. The number of carbonyl (C=O) groups excluding carboxylic acids is 2. The van der Waals surface area contributed by atoms with Crippen LogP contribution in [0.5, 0.6) is 0 Å². The molecule has 4 nitrogen and oxygen atoms in total. The molecule has 1 aliphatic rings. The van der Waals surface area contributed by atoms with Crippen molar-refractivity contribution < 1.29 is 9.59 Å². The zero-order valence-corrected chi connectivity index (χ0v) is 10.2. The van der Waals surface area contributed by atoms with Gasteiger partial charge in [-0.05, 0) is 19.8 Å². The fraction of sp³-hybridized carbons (Fsp3) is 0.833. The first-order valence-electron chi connectivity index (χ1n) is 6.10. The van der Waals surface area contributed by atoms with Gasteiger partial charge in [0.2, 0.25) is 5.91 Å². The molecule has 1 amide bonds. The Morgan fingerprint density at radius 3 is 2.44 bits per heavy atom. The van der Waals surface area contributed by atoms with Crippen LogP contribution in [0.2, 0.25) is 0 Å². The van der Waals surface area contributed by atoms with Gasteiger partial charge in [0.1, 0.15) is 5.78 Å². The Labute approximate surface area is 97.2 Å². The number of ketones is 1. The van der Waals surface area contributed by atoms with Gasteiger partial charge in [-0.25, -0.2) is 0 Å². The van der Waals surface area contributed by atoms with Crippen LogP contribution < -0.4 is 5.73 Å². The van der Waals surface area contributed by atoms with Crippen molar-refractivity contribution in [3.05, 3.63) is 0 Å². The number of carbonyl (C=O) groups is 2. The quantitative estimate of drug-likeness (QED) is 0.780. The van der Waals surface area contributed by atoms with E-state index in [2.05, 4.69) is 0 Å². The number of hydrogen-bond donors (Lipinski definition) is 1. The molecule has 0 aromatic carbocycles. The molecule has 0 spiro atoms. The molecule has 1 rings (SSSR count). The van der Waals surface area contributed by atoms with Gasteiger partial charge >= 0.3 is 0 Å². The lowest BCUT2D eigenvalue weighted by atomic mass is 9.89. The fourth-order valence-electron chi connectivity index (χ4n) is 2.36. The number of Topliss-reactive ketones (excluding diaryl/α,β-unsaturated/α-hetero) is 1. The SMILES string of the molecule is CCC(=O)N(CC(C)=O)C1CCCCC1N. The topological polar surface area (TPSA) is 63.4 Å². The second-order valence-electron chi connectivity index (χ2n) is 4.59. The first-order valence-corrected chi connectivity index (χ1v) is 6.10. The molecule has 16 heavy (non-hydrogen) atoms. The molecule has 1 aliphatic carbocycles. The third kappa shape index (κ3) is 3.30. The van der Waals surface area contributed by atoms with Crippen molar-refractivity contribution in [3.63, 3.8) is 0 Å². The van der Waals surface area contributed by atoms with E-state index in [-0.39, 0.29) is 30.3 Å². The lowest BCUT2D eigenvalue weighted by Gasteiger charge is -2.37. The maximum absolute atomic E-state index is 11.8. The summed E-state index contributed by atoms with van der Waals surface area (Å²) in [6, 6.07) is 0.0914. The van der Waals surface area contributed by atoms with Crippen molar-refractivity contribution in [2.45, 2.75) is 58.0 Å². The van der Waals surface area contributed by atoms with E-state index in [4.69, 9.17) is 5.73 Å². The van der Waals surface area contributed by atoms with E-state index in [9.17, 15) is 9.59 Å². The Morgan fingerprint density at radius 2 is 1.94 bits per heavy atom. The summed E-state index contributed by atoms with van der Waals surface area (Å²) >= 11 is 0. The van der Waals surface area contributed by atoms with Gasteiger partial charge in [0.25, 0.3) is 0 Å². The van der Waals surface area contributed by atoms with Crippen LogP contribution in [0.3, 0.4) is 0 Å². The minimum absolute atomic E-state index is 0.0274. The van der Waals surface area contributed by atoms with Gasteiger partial charge in [-0.2, -0.15) is 0 Å². The number of rotatable bonds is 4. The summed E-state index contributed by atoms with van der Waals surface area (Å²) in [6.07, 6.45) is 4.56. The predicted molar refractivity (Wildman–Crippen MR) is 62.9 cm³/mol. The molecular formula is C12H22N2O2. The summed E-state index contributed by atoms with van der Waals surface area (Å²) in [6.45, 7) is 3.55. The third-order valence-corrected chi connectivity index (χ3v) is 3.20. The largest absolute Gasteiger partial charge is 0.331 e. The highest BCUT2D eigenvalue weighted by atomic mass is 16.2. The Bertz CT molecular complexity index is 266. The maximum Gasteiger partial charge on any atom is 0.222 e. The molecule has 92 valence electrons. The van der Waals surface area contributed by atoms with E-state index in [1.54, 1.807) is 4.90 Å². The monoisotopic (exact) mass is 226 g/mol. The molecule has 0 radical (unpaired) electrons. The second kappa shape index (κ2) is 5.99. The normalized spacial score (nSPS) is 25.2. The summed E-state index contributed by atoms with van der Waals surface area (Å²) < 4.78 is 0. The highest BCUT2D eigenvalue weighted by Crippen LogP contribution is 2.22. The average Bonchev–Trinajstić information content (AvgIpc) is 2.26. The molecule has 0 aromatic heterocycles. The summed E-state index contributed by atoms with van der Waals surface area (Å²) in [4.78, 5) is 24.7. The second-order valence-corrected chi connectivity index (χ2v) is 4.59. The van der Waals surface area contributed by atoms with Crippen LogP contribution in [0.15, 0.2) is 0 Å². The zero-order chi connectivity index (χ0) is 12.1. The van der Waals surface area contributed by atoms with Gasteiger partial charge in [0.15, 0.2) is 0 Å². The molecule has 1 saturated carbocycles. The summed E-state index contributed by atoms with van der Waals surface area (Å²) in [5, 5.41) is 0. The van der Waals surface area contributed by atoms with Crippen LogP contribution in [0.25, 0.3) is 0 Å². The summed E-state index contributed by atoms with van der Waals surface area (Å²) in [5.74, 6) is 0.0668. The van der Waals surface area contributed by atoms with Crippen LogP contribution in [-0.4, -0.2) is 35.2 Å². The zero-order valence-electron chi connectivity index (χ0n) is 10.2. The van der Waals surface area contributed by atoms with E-state index < -0.39 is 0 Å². The van der Waals surface area contributed by atoms with E-state index in [0.717, 1.165) is 25.7 Å². The highest BCUT2D eigenvalue weighted by molar-refractivity contribution is 5.84. The molecule has 4 heteroatoms. The molecule has 0 saturated heterocycles. The van der Waals surface area contributed by atoms with Crippen molar-refractivity contribution in [2.24, 2.45) is 5.73 Å². The standard InChI is InChI=1S/C12H22N2O2/c1-3-12(16)14(8-9(2)15)11-7-5-4-6-10(11)13/h10-11H,3-8,13H2,1-2H3. The van der Waals surface area contributed by atoms with Crippen molar-refractivity contribution in [1.29, 1.82) is 0 Å². The van der Waals surface area contributed by atoms with Gasteiger partial charge in [0.05, 0.1) is 6.54 Å². The molecule has 0 aromatic rings. The number of hydrogen-bond acceptors (Lipinski definition) is 3. The van der Waals surface area contributed by atoms with Crippen molar-refractivity contribution >= 4 is 11.7 Å². The fourth-order valence-corrected chi connectivity index (χ4v) is 2.36. The van der Waals surface area contributed by atoms with Crippen LogP contribution in [0.1, 0.15) is 46.0 Å². The molecular weight excluding hydrogens is 204 g/mol. The number of nitrogens with two attached hydrogens (primary N) is 1. The predicted octanol–water partition coefficient (Wildman–Crippen LogP) is 1.08. The smallest absolute Gasteiger partial charge is 0.222 e. The third-order valence-electron chi connectivity index (χ3n) is 3.20. The molecule has 0 heterocycles. The molecule has 2 atom stereocenters. The van der Waals surface area contributed by atoms with Gasteiger partial charge in [-0.1, -0.05) is 19.8 Å². The van der Waals surface area contributed by atoms with E-state index in [1.807, 2.05) is 6.92 Å². The summed E-state index contributed by atoms with van der Waals surface area (Å²) in [5.41, 5.74) is 6.04. The van der Waals surface area contributed by atoms with Crippen molar-refractivity contribution in [1.82, 2.24) is 4.90 Å². The van der Waals surface area contributed by atoms with Gasteiger partial charge in [0, 0.05) is 18.5 Å². The van der Waals surface area contributed by atoms with Crippen molar-refractivity contribution in [2.75, 3.05) is 6.54 Å². The van der Waals surface area contributed by atoms with Gasteiger partial charge in [-0.15, -0.1) is 0 Å². The van der Waals surface area contributed by atoms with Crippen molar-refractivity contribution in [3.8, 4) is 0 Å². The Balaban J connectivity index is 2.73. The van der Waals surface area contributed by atoms with E-state index in [1.165, 1.54) is 6.92 Å². The average molecular weight is 226 g/mol. The van der Waals surface area contributed by atoms with Crippen LogP contribution in [-0.2, 0) is 9.59 Å². The first kappa shape index (κ1) is 13.2. The Hall–Kier alpha value is -0.900. The van der Waals surface area contributed by atoms with E-state index in [0.29, 0.717) is 6.42 Å². The minimum Gasteiger partial charge on any atom is -0.331 e. The highest BCUT2D eigenvalue weighted by Gasteiger charge is 2.30. The molecule has 2 N–H and O–H groups in total. The minimum atomic E-state index is 0.0274. The lowest BCUT2D eigenvalue weighted by Crippen LogP contribution is -2.53. The molecule has 0 aliphatic heterocycles. The molecule has 2 unspecified atom stereocenters. The van der Waals surface area contributed by atoms with Crippen LogP contribution in [0, 0.1) is 0 Å². The lowest BCUT2D eigenvalue weighted by molar-refractivity contribution is -0.138. The number of nitrogens with zero attached hydrogens (tertiary/aromatic N) is 1. The maximum atomic E-state index is 11.8. The van der Waals surface area contributed by atoms with Crippen LogP contribution >= 0.6 is 0 Å². The molecule has 0 bridgehead atoms. The first-order chi connectivity index (χ1) is 7.56. The van der Waals surface area contributed by atoms with Gasteiger partial charge < -0.3 is 10.6 Å². The Kier molecular flexibility index (Phi) is 4.93. The van der Waals surface area contributed by atoms with E-state index >= 15 is 0 Å². The van der Waals surface area contributed by atoms with Crippen LogP contribution in [0.4, 0.5) is 0 Å².